The monoisotopic (exact) mass is 288 g/mol. The summed E-state index contributed by atoms with van der Waals surface area (Å²) < 4.78 is 32.7. The van der Waals surface area contributed by atoms with Crippen LogP contribution in [-0.2, 0) is 21.3 Å². The van der Waals surface area contributed by atoms with E-state index in [0.29, 0.717) is 31.7 Å². The first-order valence-electron chi connectivity index (χ1n) is 6.31. The number of hydrogen-bond acceptors (Lipinski definition) is 5. The fraction of sp³-hybridized carbons (Fsp3) is 0.727. The van der Waals surface area contributed by atoms with Crippen molar-refractivity contribution in [3.63, 3.8) is 0 Å². The van der Waals surface area contributed by atoms with Gasteiger partial charge in [-0.1, -0.05) is 6.92 Å². The molecule has 19 heavy (non-hydrogen) atoms. The molecule has 1 aliphatic rings. The second-order valence-corrected chi connectivity index (χ2v) is 6.59. The fourth-order valence-corrected chi connectivity index (χ4v) is 3.60. The molecule has 0 spiro atoms. The lowest BCUT2D eigenvalue weighted by Gasteiger charge is -2.22. The highest BCUT2D eigenvalue weighted by Gasteiger charge is 2.35. The van der Waals surface area contributed by atoms with Crippen LogP contribution in [0.25, 0.3) is 0 Å². The number of aromatic nitrogens is 2. The molecule has 8 heteroatoms. The van der Waals surface area contributed by atoms with Crippen molar-refractivity contribution in [3.8, 4) is 0 Å². The Balaban J connectivity index is 2.17. The van der Waals surface area contributed by atoms with Gasteiger partial charge in [-0.3, -0.25) is 5.10 Å². The standard InChI is InChI=1S/C11H20N4O3S/c1-3-12-6-9-7-13-14-10(9)19(16,17)15-11(2)4-5-18-8-11/h7,12,15H,3-6,8H2,1-2H3,(H,13,14). The summed E-state index contributed by atoms with van der Waals surface area (Å²) in [5.74, 6) is 0. The smallest absolute Gasteiger partial charge is 0.258 e. The minimum Gasteiger partial charge on any atom is -0.379 e. The zero-order valence-corrected chi connectivity index (χ0v) is 12.0. The van der Waals surface area contributed by atoms with Crippen LogP contribution in [0.2, 0.25) is 0 Å². The molecular formula is C11H20N4O3S. The lowest BCUT2D eigenvalue weighted by Crippen LogP contribution is -2.46. The van der Waals surface area contributed by atoms with Gasteiger partial charge in [0, 0.05) is 18.7 Å². The van der Waals surface area contributed by atoms with E-state index in [9.17, 15) is 8.42 Å². The summed E-state index contributed by atoms with van der Waals surface area (Å²) in [6.45, 7) is 6.01. The Labute approximate surface area is 113 Å². The molecular weight excluding hydrogens is 268 g/mol. The van der Waals surface area contributed by atoms with E-state index in [1.165, 1.54) is 6.20 Å². The maximum absolute atomic E-state index is 12.4. The Kier molecular flexibility index (Phi) is 4.24. The van der Waals surface area contributed by atoms with Crippen LogP contribution in [0.3, 0.4) is 0 Å². The van der Waals surface area contributed by atoms with Crippen LogP contribution < -0.4 is 10.0 Å². The van der Waals surface area contributed by atoms with E-state index in [0.717, 1.165) is 6.54 Å². The van der Waals surface area contributed by atoms with Crippen LogP contribution in [0.1, 0.15) is 25.8 Å². The molecule has 1 saturated heterocycles. The van der Waals surface area contributed by atoms with E-state index in [2.05, 4.69) is 20.2 Å². The quantitative estimate of drug-likeness (QED) is 0.683. The third kappa shape index (κ3) is 3.33. The molecule has 1 atom stereocenters. The van der Waals surface area contributed by atoms with Gasteiger partial charge in [-0.2, -0.15) is 5.10 Å². The van der Waals surface area contributed by atoms with Crippen molar-refractivity contribution < 1.29 is 13.2 Å². The van der Waals surface area contributed by atoms with Crippen molar-refractivity contribution in [3.05, 3.63) is 11.8 Å². The van der Waals surface area contributed by atoms with Crippen LogP contribution in [0.4, 0.5) is 0 Å². The molecule has 1 aromatic rings. The van der Waals surface area contributed by atoms with Crippen LogP contribution in [-0.4, -0.2) is 43.9 Å². The third-order valence-corrected chi connectivity index (χ3v) is 4.76. The number of nitrogens with zero attached hydrogens (tertiary/aromatic N) is 1. The lowest BCUT2D eigenvalue weighted by molar-refractivity contribution is 0.178. The molecule has 2 rings (SSSR count). The predicted molar refractivity (Wildman–Crippen MR) is 70.1 cm³/mol. The van der Waals surface area contributed by atoms with E-state index >= 15 is 0 Å². The minimum absolute atomic E-state index is 0.126. The van der Waals surface area contributed by atoms with Gasteiger partial charge < -0.3 is 10.1 Å². The minimum atomic E-state index is -3.61. The van der Waals surface area contributed by atoms with Crippen molar-refractivity contribution >= 4 is 10.0 Å². The molecule has 0 aromatic carbocycles. The third-order valence-electron chi connectivity index (χ3n) is 3.11. The lowest BCUT2D eigenvalue weighted by atomic mass is 10.0. The van der Waals surface area contributed by atoms with Gasteiger partial charge in [0.05, 0.1) is 18.3 Å². The molecule has 0 bridgehead atoms. The molecule has 0 amide bonds. The van der Waals surface area contributed by atoms with Crippen LogP contribution in [0.15, 0.2) is 11.2 Å². The topological polar surface area (TPSA) is 96.1 Å². The average Bonchev–Trinajstić information content (AvgIpc) is 2.94. The van der Waals surface area contributed by atoms with Crippen LogP contribution in [0.5, 0.6) is 0 Å². The summed E-state index contributed by atoms with van der Waals surface area (Å²) in [7, 11) is -3.61. The molecule has 2 heterocycles. The molecule has 0 saturated carbocycles. The Hall–Kier alpha value is -0.960. The summed E-state index contributed by atoms with van der Waals surface area (Å²) in [5, 5.41) is 9.60. The first-order chi connectivity index (χ1) is 8.97. The van der Waals surface area contributed by atoms with Gasteiger partial charge >= 0.3 is 0 Å². The molecule has 1 aromatic heterocycles. The van der Waals surface area contributed by atoms with Gasteiger partial charge in [-0.15, -0.1) is 0 Å². The maximum Gasteiger partial charge on any atom is 0.258 e. The zero-order valence-electron chi connectivity index (χ0n) is 11.2. The molecule has 0 aliphatic carbocycles. The van der Waals surface area contributed by atoms with Gasteiger partial charge in [-0.25, -0.2) is 13.1 Å². The normalized spacial score (nSPS) is 23.9. The Morgan fingerprint density at radius 1 is 1.58 bits per heavy atom. The van der Waals surface area contributed by atoms with Crippen molar-refractivity contribution in [2.45, 2.75) is 37.4 Å². The largest absolute Gasteiger partial charge is 0.379 e. The Morgan fingerprint density at radius 3 is 3.00 bits per heavy atom. The van der Waals surface area contributed by atoms with Crippen LogP contribution >= 0.6 is 0 Å². The summed E-state index contributed by atoms with van der Waals surface area (Å²) in [6, 6.07) is 0. The van der Waals surface area contributed by atoms with Crippen molar-refractivity contribution in [1.29, 1.82) is 0 Å². The van der Waals surface area contributed by atoms with E-state index in [1.807, 2.05) is 13.8 Å². The maximum atomic E-state index is 12.4. The highest BCUT2D eigenvalue weighted by atomic mass is 32.2. The van der Waals surface area contributed by atoms with Gasteiger partial charge in [0.1, 0.15) is 0 Å². The Bertz CT molecular complexity index is 520. The second kappa shape index (κ2) is 5.58. The SMILES string of the molecule is CCNCc1cn[nH]c1S(=O)(=O)NC1(C)CCOC1. The van der Waals surface area contributed by atoms with E-state index < -0.39 is 15.6 Å². The number of ether oxygens (including phenoxy) is 1. The first kappa shape index (κ1) is 14.4. The van der Waals surface area contributed by atoms with Gasteiger partial charge in [0.25, 0.3) is 10.0 Å². The molecule has 0 radical (unpaired) electrons. The number of hydrogen-bond donors (Lipinski definition) is 3. The Morgan fingerprint density at radius 2 is 2.37 bits per heavy atom. The molecule has 7 nitrogen and oxygen atoms in total. The van der Waals surface area contributed by atoms with E-state index in [-0.39, 0.29) is 5.03 Å². The second-order valence-electron chi connectivity index (χ2n) is 4.97. The van der Waals surface area contributed by atoms with Crippen molar-refractivity contribution in [1.82, 2.24) is 20.2 Å². The predicted octanol–water partition coefficient (Wildman–Crippen LogP) is -0.0235. The fourth-order valence-electron chi connectivity index (χ4n) is 2.04. The number of aromatic amines is 1. The average molecular weight is 288 g/mol. The van der Waals surface area contributed by atoms with Gasteiger partial charge in [-0.05, 0) is 19.9 Å². The highest BCUT2D eigenvalue weighted by Crippen LogP contribution is 2.21. The molecule has 1 aliphatic heterocycles. The van der Waals surface area contributed by atoms with Crippen molar-refractivity contribution in [2.24, 2.45) is 0 Å². The summed E-state index contributed by atoms with van der Waals surface area (Å²) in [6.07, 6.45) is 2.20. The molecule has 1 unspecified atom stereocenters. The summed E-state index contributed by atoms with van der Waals surface area (Å²) in [5.41, 5.74) is 0.0937. The van der Waals surface area contributed by atoms with Crippen LogP contribution in [0, 0.1) is 0 Å². The van der Waals surface area contributed by atoms with E-state index in [1.54, 1.807) is 0 Å². The summed E-state index contributed by atoms with van der Waals surface area (Å²) in [4.78, 5) is 0. The van der Waals surface area contributed by atoms with Crippen molar-refractivity contribution in [2.75, 3.05) is 19.8 Å². The molecule has 3 N–H and O–H groups in total. The summed E-state index contributed by atoms with van der Waals surface area (Å²) >= 11 is 0. The molecule has 1 fully saturated rings. The number of sulfonamides is 1. The zero-order chi connectivity index (χ0) is 13.9. The number of rotatable bonds is 6. The van der Waals surface area contributed by atoms with E-state index in [4.69, 9.17) is 4.74 Å². The van der Waals surface area contributed by atoms with Gasteiger partial charge in [0.2, 0.25) is 0 Å². The number of nitrogens with one attached hydrogen (secondary N) is 3. The number of H-pyrrole nitrogens is 1. The highest BCUT2D eigenvalue weighted by molar-refractivity contribution is 7.89. The first-order valence-corrected chi connectivity index (χ1v) is 7.80. The van der Waals surface area contributed by atoms with Gasteiger partial charge in [0.15, 0.2) is 5.03 Å². The molecule has 108 valence electrons.